The zero-order valence-electron chi connectivity index (χ0n) is 15.1. The van der Waals surface area contributed by atoms with Crippen LogP contribution < -0.4 is 10.1 Å². The molecule has 0 radical (unpaired) electrons. The van der Waals surface area contributed by atoms with Crippen LogP contribution in [0.5, 0.6) is 5.75 Å². The number of carbonyl (C=O) groups excluding carboxylic acids is 1. The van der Waals surface area contributed by atoms with Crippen molar-refractivity contribution in [3.63, 3.8) is 0 Å². The maximum atomic E-state index is 12.4. The van der Waals surface area contributed by atoms with E-state index in [-0.39, 0.29) is 12.1 Å². The molecule has 5 nitrogen and oxygen atoms in total. The highest BCUT2D eigenvalue weighted by Gasteiger charge is 2.24. The molecule has 1 N–H and O–H groups in total. The van der Waals surface area contributed by atoms with Crippen LogP contribution in [0.3, 0.4) is 0 Å². The molecule has 1 aromatic carbocycles. The van der Waals surface area contributed by atoms with Crippen LogP contribution in [0, 0.1) is 20.8 Å². The molecule has 0 aliphatic carbocycles. The average molecular weight is 339 g/mol. The summed E-state index contributed by atoms with van der Waals surface area (Å²) < 4.78 is 5.96. The van der Waals surface area contributed by atoms with Crippen molar-refractivity contribution in [3.8, 4) is 5.75 Å². The maximum Gasteiger partial charge on any atom is 0.321 e. The predicted molar refractivity (Wildman–Crippen MR) is 99.1 cm³/mol. The zero-order valence-corrected chi connectivity index (χ0v) is 15.1. The monoisotopic (exact) mass is 339 g/mol. The van der Waals surface area contributed by atoms with Crippen molar-refractivity contribution in [2.24, 2.45) is 0 Å². The Hall–Kier alpha value is -2.56. The summed E-state index contributed by atoms with van der Waals surface area (Å²) in [6, 6.07) is 9.83. The second-order valence-corrected chi connectivity index (χ2v) is 6.67. The molecular formula is C20H25N3O2. The van der Waals surface area contributed by atoms with Crippen LogP contribution in [0.15, 0.2) is 36.5 Å². The lowest BCUT2D eigenvalue weighted by Gasteiger charge is -2.32. The van der Waals surface area contributed by atoms with Crippen molar-refractivity contribution in [2.75, 3.05) is 18.4 Å². The van der Waals surface area contributed by atoms with Gasteiger partial charge < -0.3 is 15.0 Å². The summed E-state index contributed by atoms with van der Waals surface area (Å²) in [5.74, 6) is 0.795. The minimum Gasteiger partial charge on any atom is -0.489 e. The number of ether oxygens (including phenoxy) is 1. The Kier molecular flexibility index (Phi) is 5.22. The Morgan fingerprint density at radius 2 is 1.88 bits per heavy atom. The van der Waals surface area contributed by atoms with Gasteiger partial charge in [-0.05, 0) is 56.2 Å². The SMILES string of the molecule is Cc1ccc(OC2CCN(C(=O)Nc3ccc(C)c(C)c3)CC2)cn1. The number of aromatic nitrogens is 1. The van der Waals surface area contributed by atoms with Gasteiger partial charge in [0.1, 0.15) is 11.9 Å². The molecule has 0 bridgehead atoms. The third-order valence-electron chi connectivity index (χ3n) is 4.67. The van der Waals surface area contributed by atoms with Crippen molar-refractivity contribution in [1.82, 2.24) is 9.88 Å². The van der Waals surface area contributed by atoms with Crippen molar-refractivity contribution < 1.29 is 9.53 Å². The molecule has 1 aliphatic rings. The van der Waals surface area contributed by atoms with Gasteiger partial charge in [0.2, 0.25) is 0 Å². The van der Waals surface area contributed by atoms with Gasteiger partial charge in [0.15, 0.2) is 0 Å². The largest absolute Gasteiger partial charge is 0.489 e. The molecule has 0 unspecified atom stereocenters. The fraction of sp³-hybridized carbons (Fsp3) is 0.400. The Morgan fingerprint density at radius 3 is 2.52 bits per heavy atom. The van der Waals surface area contributed by atoms with Gasteiger partial charge in [-0.1, -0.05) is 6.07 Å². The molecule has 25 heavy (non-hydrogen) atoms. The van der Waals surface area contributed by atoms with E-state index in [0.29, 0.717) is 13.1 Å². The van der Waals surface area contributed by atoms with Gasteiger partial charge in [-0.25, -0.2) is 4.79 Å². The van der Waals surface area contributed by atoms with E-state index in [9.17, 15) is 4.79 Å². The summed E-state index contributed by atoms with van der Waals surface area (Å²) in [6.45, 7) is 7.46. The third kappa shape index (κ3) is 4.50. The Morgan fingerprint density at radius 1 is 1.12 bits per heavy atom. The smallest absolute Gasteiger partial charge is 0.321 e. The molecule has 0 spiro atoms. The van der Waals surface area contributed by atoms with E-state index < -0.39 is 0 Å². The van der Waals surface area contributed by atoms with Crippen molar-refractivity contribution in [1.29, 1.82) is 0 Å². The molecule has 2 heterocycles. The highest BCUT2D eigenvalue weighted by Crippen LogP contribution is 2.20. The number of pyridine rings is 1. The number of hydrogen-bond donors (Lipinski definition) is 1. The van der Waals surface area contributed by atoms with Crippen LogP contribution in [-0.2, 0) is 0 Å². The van der Waals surface area contributed by atoms with E-state index in [1.54, 1.807) is 6.20 Å². The molecule has 1 aromatic heterocycles. The number of piperidine rings is 1. The molecule has 2 aromatic rings. The third-order valence-corrected chi connectivity index (χ3v) is 4.67. The summed E-state index contributed by atoms with van der Waals surface area (Å²) in [5.41, 5.74) is 4.22. The first-order chi connectivity index (χ1) is 12.0. The van der Waals surface area contributed by atoms with Gasteiger partial charge in [0.05, 0.1) is 6.20 Å². The molecule has 0 atom stereocenters. The molecule has 132 valence electrons. The lowest BCUT2D eigenvalue weighted by molar-refractivity contribution is 0.115. The molecule has 1 fully saturated rings. The Balaban J connectivity index is 1.50. The average Bonchev–Trinajstić information content (AvgIpc) is 2.61. The number of nitrogens with zero attached hydrogens (tertiary/aromatic N) is 2. The Labute approximate surface area is 149 Å². The van der Waals surface area contributed by atoms with Gasteiger partial charge in [0.25, 0.3) is 0 Å². The van der Waals surface area contributed by atoms with Crippen molar-refractivity contribution in [2.45, 2.75) is 39.7 Å². The second kappa shape index (κ2) is 7.55. The number of hydrogen-bond acceptors (Lipinski definition) is 3. The number of anilines is 1. The number of benzene rings is 1. The van der Waals surface area contributed by atoms with Gasteiger partial charge in [-0.15, -0.1) is 0 Å². The summed E-state index contributed by atoms with van der Waals surface area (Å²) in [5, 5.41) is 2.99. The quantitative estimate of drug-likeness (QED) is 0.916. The van der Waals surface area contributed by atoms with Gasteiger partial charge in [-0.2, -0.15) is 0 Å². The van der Waals surface area contributed by atoms with Crippen LogP contribution in [0.2, 0.25) is 0 Å². The highest BCUT2D eigenvalue weighted by molar-refractivity contribution is 5.89. The summed E-state index contributed by atoms with van der Waals surface area (Å²) in [6.07, 6.45) is 3.55. The van der Waals surface area contributed by atoms with E-state index in [1.807, 2.05) is 49.1 Å². The minimum absolute atomic E-state index is 0.0429. The maximum absolute atomic E-state index is 12.4. The summed E-state index contributed by atoms with van der Waals surface area (Å²) in [4.78, 5) is 18.5. The van der Waals surface area contributed by atoms with Crippen LogP contribution >= 0.6 is 0 Å². The van der Waals surface area contributed by atoms with Crippen LogP contribution in [0.25, 0.3) is 0 Å². The number of nitrogens with one attached hydrogen (secondary N) is 1. The molecule has 1 aliphatic heterocycles. The van der Waals surface area contributed by atoms with Crippen LogP contribution in [-0.4, -0.2) is 35.1 Å². The summed E-state index contributed by atoms with van der Waals surface area (Å²) in [7, 11) is 0. The minimum atomic E-state index is -0.0429. The lowest BCUT2D eigenvalue weighted by atomic mass is 10.1. The number of amides is 2. The number of carbonyl (C=O) groups is 1. The highest BCUT2D eigenvalue weighted by atomic mass is 16.5. The standard InChI is InChI=1S/C20H25N3O2/c1-14-4-6-17(12-15(14)2)22-20(24)23-10-8-18(9-11-23)25-19-7-5-16(3)21-13-19/h4-7,12-13,18H,8-11H2,1-3H3,(H,22,24). The number of likely N-dealkylation sites (tertiary alicyclic amines) is 1. The number of rotatable bonds is 3. The van der Waals surface area contributed by atoms with E-state index in [4.69, 9.17) is 4.74 Å². The molecule has 1 saturated heterocycles. The topological polar surface area (TPSA) is 54.5 Å². The first-order valence-electron chi connectivity index (χ1n) is 8.74. The molecular weight excluding hydrogens is 314 g/mol. The molecule has 3 rings (SSSR count). The molecule has 0 saturated carbocycles. The number of urea groups is 1. The normalized spacial score (nSPS) is 15.1. The Bertz CT molecular complexity index is 735. The van der Waals surface area contributed by atoms with Crippen LogP contribution in [0.1, 0.15) is 29.7 Å². The lowest BCUT2D eigenvalue weighted by Crippen LogP contribution is -2.43. The molecule has 2 amide bonds. The van der Waals surface area contributed by atoms with Crippen molar-refractivity contribution in [3.05, 3.63) is 53.3 Å². The number of aryl methyl sites for hydroxylation is 3. The second-order valence-electron chi connectivity index (χ2n) is 6.67. The van der Waals surface area contributed by atoms with Gasteiger partial charge in [0, 0.05) is 37.3 Å². The van der Waals surface area contributed by atoms with E-state index in [2.05, 4.69) is 17.2 Å². The fourth-order valence-electron chi connectivity index (χ4n) is 2.91. The fourth-order valence-corrected chi connectivity index (χ4v) is 2.91. The van der Waals surface area contributed by atoms with Crippen molar-refractivity contribution >= 4 is 11.7 Å². The van der Waals surface area contributed by atoms with E-state index >= 15 is 0 Å². The molecule has 5 heteroatoms. The van der Waals surface area contributed by atoms with Gasteiger partial charge in [-0.3, -0.25) is 4.98 Å². The first kappa shape index (κ1) is 17.3. The predicted octanol–water partition coefficient (Wildman–Crippen LogP) is 4.08. The van der Waals surface area contributed by atoms with E-state index in [0.717, 1.165) is 30.0 Å². The van der Waals surface area contributed by atoms with Gasteiger partial charge >= 0.3 is 6.03 Å². The van der Waals surface area contributed by atoms with E-state index in [1.165, 1.54) is 11.1 Å². The zero-order chi connectivity index (χ0) is 17.8. The van der Waals surface area contributed by atoms with Crippen LogP contribution in [0.4, 0.5) is 10.5 Å². The summed E-state index contributed by atoms with van der Waals surface area (Å²) >= 11 is 0. The first-order valence-corrected chi connectivity index (χ1v) is 8.74.